The average Bonchev–Trinajstić information content (AvgIpc) is 2.36. The van der Waals surface area contributed by atoms with Gasteiger partial charge in [0.15, 0.2) is 0 Å². The molecule has 3 N–H and O–H groups in total. The van der Waals surface area contributed by atoms with Crippen LogP contribution in [-0.2, 0) is 6.54 Å². The lowest BCUT2D eigenvalue weighted by atomic mass is 10.1. The van der Waals surface area contributed by atoms with E-state index < -0.39 is 5.91 Å². The Bertz CT molecular complexity index is 440. The minimum atomic E-state index is -0.460. The van der Waals surface area contributed by atoms with Crippen LogP contribution >= 0.6 is 0 Å². The Labute approximate surface area is 106 Å². The zero-order chi connectivity index (χ0) is 13.5. The number of urea groups is 1. The van der Waals surface area contributed by atoms with E-state index in [1.807, 2.05) is 0 Å². The molecule has 3 amide bonds. The predicted octanol–water partition coefficient (Wildman–Crippen LogP) is 1.11. The molecule has 0 saturated heterocycles. The van der Waals surface area contributed by atoms with Crippen LogP contribution < -0.4 is 11.1 Å². The van der Waals surface area contributed by atoms with Gasteiger partial charge < -0.3 is 16.0 Å². The maximum absolute atomic E-state index is 11.6. The van der Waals surface area contributed by atoms with Crippen LogP contribution in [0.25, 0.3) is 0 Å². The number of primary amides is 1. The van der Waals surface area contributed by atoms with Gasteiger partial charge in [-0.2, -0.15) is 0 Å². The van der Waals surface area contributed by atoms with Crippen molar-refractivity contribution in [1.29, 1.82) is 0 Å². The summed E-state index contributed by atoms with van der Waals surface area (Å²) in [5.74, 6) is -0.460. The van der Waals surface area contributed by atoms with Crippen LogP contribution in [0, 0.1) is 0 Å². The molecule has 0 aliphatic rings. The maximum atomic E-state index is 11.6. The second-order valence-electron chi connectivity index (χ2n) is 3.89. The zero-order valence-electron chi connectivity index (χ0n) is 10.3. The molecule has 5 nitrogen and oxygen atoms in total. The highest BCUT2D eigenvalue weighted by atomic mass is 16.2. The summed E-state index contributed by atoms with van der Waals surface area (Å²) in [7, 11) is 1.69. The Morgan fingerprint density at radius 2 is 2.00 bits per heavy atom. The number of carbonyl (C=O) groups excluding carboxylic acids is 2. The molecule has 1 rings (SSSR count). The Balaban J connectivity index is 2.58. The van der Waals surface area contributed by atoms with Gasteiger partial charge in [0.05, 0.1) is 0 Å². The van der Waals surface area contributed by atoms with Gasteiger partial charge in [0.2, 0.25) is 5.91 Å². The molecule has 96 valence electrons. The monoisotopic (exact) mass is 247 g/mol. The van der Waals surface area contributed by atoms with Crippen LogP contribution in [0.3, 0.4) is 0 Å². The van der Waals surface area contributed by atoms with Crippen molar-refractivity contribution in [3.63, 3.8) is 0 Å². The highest BCUT2D eigenvalue weighted by molar-refractivity contribution is 5.92. The third-order valence-electron chi connectivity index (χ3n) is 2.40. The fourth-order valence-corrected chi connectivity index (χ4v) is 1.41. The second-order valence-corrected chi connectivity index (χ2v) is 3.89. The summed E-state index contributed by atoms with van der Waals surface area (Å²) < 4.78 is 0. The van der Waals surface area contributed by atoms with Crippen molar-refractivity contribution >= 4 is 11.9 Å². The molecule has 0 fully saturated rings. The van der Waals surface area contributed by atoms with Gasteiger partial charge in [-0.15, -0.1) is 6.58 Å². The largest absolute Gasteiger partial charge is 0.366 e. The van der Waals surface area contributed by atoms with E-state index in [1.54, 1.807) is 42.3 Å². The predicted molar refractivity (Wildman–Crippen MR) is 70.0 cm³/mol. The Morgan fingerprint density at radius 3 is 2.50 bits per heavy atom. The smallest absolute Gasteiger partial charge is 0.317 e. The van der Waals surface area contributed by atoms with E-state index in [9.17, 15) is 9.59 Å². The fraction of sp³-hybridized carbons (Fsp3) is 0.231. The van der Waals surface area contributed by atoms with Crippen molar-refractivity contribution in [2.75, 3.05) is 13.6 Å². The number of hydrogen-bond acceptors (Lipinski definition) is 2. The molecule has 18 heavy (non-hydrogen) atoms. The molecule has 0 aliphatic heterocycles. The first-order valence-corrected chi connectivity index (χ1v) is 5.53. The van der Waals surface area contributed by atoms with E-state index in [4.69, 9.17) is 5.73 Å². The Morgan fingerprint density at radius 1 is 1.39 bits per heavy atom. The lowest BCUT2D eigenvalue weighted by molar-refractivity contribution is 0.1000. The van der Waals surface area contributed by atoms with Crippen LogP contribution in [0.2, 0.25) is 0 Å². The van der Waals surface area contributed by atoms with Crippen molar-refractivity contribution in [1.82, 2.24) is 10.2 Å². The first-order valence-electron chi connectivity index (χ1n) is 5.53. The third-order valence-corrected chi connectivity index (χ3v) is 2.40. The molecule has 0 unspecified atom stereocenters. The summed E-state index contributed by atoms with van der Waals surface area (Å²) in [5.41, 5.74) is 6.53. The van der Waals surface area contributed by atoms with Gasteiger partial charge in [-0.3, -0.25) is 4.79 Å². The summed E-state index contributed by atoms with van der Waals surface area (Å²) in [5, 5.41) is 2.68. The Kier molecular flexibility index (Phi) is 4.92. The molecule has 0 aliphatic carbocycles. The molecule has 0 heterocycles. The van der Waals surface area contributed by atoms with Crippen molar-refractivity contribution < 1.29 is 9.59 Å². The molecular formula is C13H17N3O2. The second kappa shape index (κ2) is 6.44. The molecule has 1 aromatic rings. The topological polar surface area (TPSA) is 75.4 Å². The van der Waals surface area contributed by atoms with Crippen LogP contribution in [0.4, 0.5) is 4.79 Å². The maximum Gasteiger partial charge on any atom is 0.317 e. The van der Waals surface area contributed by atoms with E-state index in [0.29, 0.717) is 18.7 Å². The van der Waals surface area contributed by atoms with Crippen molar-refractivity contribution in [2.45, 2.75) is 6.54 Å². The standard InChI is InChI=1S/C13H17N3O2/c1-3-8-15-13(18)16(2)9-10-4-6-11(7-5-10)12(14)17/h3-7H,1,8-9H2,2H3,(H2,14,17)(H,15,18). The van der Waals surface area contributed by atoms with E-state index in [0.717, 1.165) is 5.56 Å². The molecule has 0 spiro atoms. The third kappa shape index (κ3) is 3.93. The highest BCUT2D eigenvalue weighted by Crippen LogP contribution is 2.06. The number of nitrogens with zero attached hydrogens (tertiary/aromatic N) is 1. The van der Waals surface area contributed by atoms with Gasteiger partial charge >= 0.3 is 6.03 Å². The molecule has 0 aromatic heterocycles. The van der Waals surface area contributed by atoms with Crippen molar-refractivity contribution in [2.24, 2.45) is 5.73 Å². The van der Waals surface area contributed by atoms with Crippen LogP contribution in [0.15, 0.2) is 36.9 Å². The van der Waals surface area contributed by atoms with Crippen molar-refractivity contribution in [3.8, 4) is 0 Å². The zero-order valence-corrected chi connectivity index (χ0v) is 10.3. The number of hydrogen-bond donors (Lipinski definition) is 2. The van der Waals surface area contributed by atoms with E-state index in [-0.39, 0.29) is 6.03 Å². The minimum absolute atomic E-state index is 0.172. The summed E-state index contributed by atoms with van der Waals surface area (Å²) in [6.45, 7) is 4.42. The van der Waals surface area contributed by atoms with Crippen molar-refractivity contribution in [3.05, 3.63) is 48.0 Å². The first kappa shape index (κ1) is 13.8. The lowest BCUT2D eigenvalue weighted by Gasteiger charge is -2.17. The van der Waals surface area contributed by atoms with Gasteiger partial charge in [-0.25, -0.2) is 4.79 Å². The molecule has 0 atom stereocenters. The molecular weight excluding hydrogens is 230 g/mol. The van der Waals surface area contributed by atoms with Gasteiger partial charge in [-0.1, -0.05) is 18.2 Å². The quantitative estimate of drug-likeness (QED) is 0.765. The van der Waals surface area contributed by atoms with Crippen LogP contribution in [0.1, 0.15) is 15.9 Å². The van der Waals surface area contributed by atoms with Gasteiger partial charge in [0.1, 0.15) is 0 Å². The van der Waals surface area contributed by atoms with Gasteiger partial charge in [-0.05, 0) is 17.7 Å². The van der Waals surface area contributed by atoms with Crippen LogP contribution in [-0.4, -0.2) is 30.4 Å². The van der Waals surface area contributed by atoms with Gasteiger partial charge in [0.25, 0.3) is 0 Å². The molecule has 5 heteroatoms. The van der Waals surface area contributed by atoms with Crippen LogP contribution in [0.5, 0.6) is 0 Å². The lowest BCUT2D eigenvalue weighted by Crippen LogP contribution is -2.36. The summed E-state index contributed by atoms with van der Waals surface area (Å²) in [6.07, 6.45) is 1.62. The molecule has 1 aromatic carbocycles. The number of amides is 3. The average molecular weight is 247 g/mol. The number of benzene rings is 1. The number of nitrogens with one attached hydrogen (secondary N) is 1. The molecule has 0 radical (unpaired) electrons. The van der Waals surface area contributed by atoms with E-state index in [2.05, 4.69) is 11.9 Å². The molecule has 0 saturated carbocycles. The summed E-state index contributed by atoms with van der Waals surface area (Å²) >= 11 is 0. The number of nitrogens with two attached hydrogens (primary N) is 1. The van der Waals surface area contributed by atoms with E-state index in [1.165, 1.54) is 0 Å². The molecule has 0 bridgehead atoms. The Hall–Kier alpha value is -2.30. The minimum Gasteiger partial charge on any atom is -0.366 e. The van der Waals surface area contributed by atoms with Gasteiger partial charge in [0, 0.05) is 25.7 Å². The highest BCUT2D eigenvalue weighted by Gasteiger charge is 2.08. The summed E-state index contributed by atoms with van der Waals surface area (Å²) in [6, 6.07) is 6.67. The fourth-order valence-electron chi connectivity index (χ4n) is 1.41. The number of rotatable bonds is 5. The normalized spacial score (nSPS) is 9.61. The number of carbonyl (C=O) groups is 2. The summed E-state index contributed by atoms with van der Waals surface area (Å²) in [4.78, 5) is 24.0. The van der Waals surface area contributed by atoms with E-state index >= 15 is 0 Å². The SMILES string of the molecule is C=CCNC(=O)N(C)Cc1ccc(C(N)=O)cc1. The first-order chi connectivity index (χ1) is 8.54.